The molecule has 0 aliphatic heterocycles. The second-order valence-corrected chi connectivity index (χ2v) is 5.27. The van der Waals surface area contributed by atoms with Crippen molar-refractivity contribution in [1.82, 2.24) is 4.98 Å². The topological polar surface area (TPSA) is 77.5 Å². The number of ether oxygens (including phenoxy) is 2. The number of anilines is 1. The van der Waals surface area contributed by atoms with Gasteiger partial charge in [-0.3, -0.25) is 10.1 Å². The molecule has 0 bridgehead atoms. The largest absolute Gasteiger partial charge is 0.444 e. The summed E-state index contributed by atoms with van der Waals surface area (Å²) in [4.78, 5) is 27.8. The standard InChI is InChI=1S/C14H20N2O4/c1-9(19-5)11(17)10-7-6-8-15-12(10)16-13(18)20-14(2,3)4/h6-9H,1-5H3,(H,15,16,18). The Hall–Kier alpha value is -1.95. The molecule has 1 heterocycles. The Morgan fingerprint density at radius 3 is 2.55 bits per heavy atom. The van der Waals surface area contributed by atoms with Crippen LogP contribution in [0.25, 0.3) is 0 Å². The molecule has 0 spiro atoms. The highest BCUT2D eigenvalue weighted by atomic mass is 16.6. The van der Waals surface area contributed by atoms with Crippen LogP contribution in [0.4, 0.5) is 10.6 Å². The number of carbonyl (C=O) groups is 2. The smallest absolute Gasteiger partial charge is 0.413 e. The summed E-state index contributed by atoms with van der Waals surface area (Å²) >= 11 is 0. The maximum atomic E-state index is 12.1. The van der Waals surface area contributed by atoms with Gasteiger partial charge in [-0.1, -0.05) is 0 Å². The first-order valence-electron chi connectivity index (χ1n) is 6.26. The lowest BCUT2D eigenvalue weighted by atomic mass is 10.1. The van der Waals surface area contributed by atoms with Crippen LogP contribution in [-0.4, -0.2) is 35.7 Å². The number of aromatic nitrogens is 1. The Bertz CT molecular complexity index is 494. The molecule has 0 aromatic carbocycles. The third-order valence-corrected chi connectivity index (χ3v) is 2.42. The van der Waals surface area contributed by atoms with Gasteiger partial charge in [0, 0.05) is 13.3 Å². The molecule has 0 aliphatic rings. The van der Waals surface area contributed by atoms with Crippen LogP contribution < -0.4 is 5.32 Å². The first kappa shape index (κ1) is 16.1. The highest BCUT2D eigenvalue weighted by molar-refractivity contribution is 6.05. The molecule has 110 valence electrons. The molecule has 6 nitrogen and oxygen atoms in total. The van der Waals surface area contributed by atoms with E-state index in [1.807, 2.05) is 0 Å². The van der Waals surface area contributed by atoms with Crippen molar-refractivity contribution in [1.29, 1.82) is 0 Å². The quantitative estimate of drug-likeness (QED) is 0.858. The summed E-state index contributed by atoms with van der Waals surface area (Å²) in [6.45, 7) is 6.89. The van der Waals surface area contributed by atoms with E-state index in [9.17, 15) is 9.59 Å². The maximum Gasteiger partial charge on any atom is 0.413 e. The van der Waals surface area contributed by atoms with E-state index in [4.69, 9.17) is 9.47 Å². The lowest BCUT2D eigenvalue weighted by Crippen LogP contribution is -2.29. The molecule has 1 atom stereocenters. The molecule has 0 saturated heterocycles. The molecule has 20 heavy (non-hydrogen) atoms. The van der Waals surface area contributed by atoms with E-state index < -0.39 is 17.8 Å². The highest BCUT2D eigenvalue weighted by Gasteiger charge is 2.22. The van der Waals surface area contributed by atoms with Crippen molar-refractivity contribution in [2.75, 3.05) is 12.4 Å². The number of hydrogen-bond donors (Lipinski definition) is 1. The summed E-state index contributed by atoms with van der Waals surface area (Å²) in [5, 5.41) is 2.48. The van der Waals surface area contributed by atoms with Gasteiger partial charge in [0.1, 0.15) is 17.5 Å². The van der Waals surface area contributed by atoms with Gasteiger partial charge in [-0.05, 0) is 39.8 Å². The number of nitrogens with one attached hydrogen (secondary N) is 1. The zero-order chi connectivity index (χ0) is 15.3. The number of carbonyl (C=O) groups excluding carboxylic acids is 2. The number of ketones is 1. The Kier molecular flexibility index (Phi) is 5.21. The van der Waals surface area contributed by atoms with Gasteiger partial charge in [-0.25, -0.2) is 9.78 Å². The molecule has 0 saturated carbocycles. The third kappa shape index (κ3) is 4.62. The van der Waals surface area contributed by atoms with Crippen LogP contribution in [0.5, 0.6) is 0 Å². The lowest BCUT2D eigenvalue weighted by Gasteiger charge is -2.20. The Labute approximate surface area is 118 Å². The predicted octanol–water partition coefficient (Wildman–Crippen LogP) is 2.65. The number of pyridine rings is 1. The van der Waals surface area contributed by atoms with Crippen molar-refractivity contribution < 1.29 is 19.1 Å². The molecule has 0 radical (unpaired) electrons. The van der Waals surface area contributed by atoms with Gasteiger partial charge in [0.15, 0.2) is 5.78 Å². The summed E-state index contributed by atoms with van der Waals surface area (Å²) in [7, 11) is 1.44. The van der Waals surface area contributed by atoms with Crippen LogP contribution in [0.3, 0.4) is 0 Å². The SMILES string of the molecule is COC(C)C(=O)c1cccnc1NC(=O)OC(C)(C)C. The van der Waals surface area contributed by atoms with Gasteiger partial charge >= 0.3 is 6.09 Å². The lowest BCUT2D eigenvalue weighted by molar-refractivity contribution is 0.0634. The minimum Gasteiger partial charge on any atom is -0.444 e. The molecular weight excluding hydrogens is 260 g/mol. The van der Waals surface area contributed by atoms with Crippen molar-refractivity contribution in [2.45, 2.75) is 39.4 Å². The molecule has 0 aliphatic carbocycles. The van der Waals surface area contributed by atoms with Gasteiger partial charge in [0.25, 0.3) is 0 Å². The third-order valence-electron chi connectivity index (χ3n) is 2.42. The van der Waals surface area contributed by atoms with Crippen molar-refractivity contribution >= 4 is 17.7 Å². The maximum absolute atomic E-state index is 12.1. The summed E-state index contributed by atoms with van der Waals surface area (Å²) in [6.07, 6.45) is 0.217. The first-order valence-corrected chi connectivity index (χ1v) is 6.26. The summed E-state index contributed by atoms with van der Waals surface area (Å²) in [6, 6.07) is 3.20. The molecule has 1 rings (SSSR count). The Morgan fingerprint density at radius 2 is 2.00 bits per heavy atom. The molecule has 0 fully saturated rings. The second-order valence-electron chi connectivity index (χ2n) is 5.27. The minimum atomic E-state index is -0.657. The van der Waals surface area contributed by atoms with Gasteiger partial charge in [-0.15, -0.1) is 0 Å². The first-order chi connectivity index (χ1) is 9.24. The number of hydrogen-bond acceptors (Lipinski definition) is 5. The second kappa shape index (κ2) is 6.47. The van der Waals surface area contributed by atoms with Gasteiger partial charge in [-0.2, -0.15) is 0 Å². The Balaban J connectivity index is 2.91. The van der Waals surface area contributed by atoms with Crippen LogP contribution in [0.15, 0.2) is 18.3 Å². The van der Waals surface area contributed by atoms with Gasteiger partial charge in [0.05, 0.1) is 5.56 Å². The monoisotopic (exact) mass is 280 g/mol. The van der Waals surface area contributed by atoms with Crippen LogP contribution in [-0.2, 0) is 9.47 Å². The van der Waals surface area contributed by atoms with Gasteiger partial charge < -0.3 is 9.47 Å². The van der Waals surface area contributed by atoms with Crippen molar-refractivity contribution in [2.24, 2.45) is 0 Å². The van der Waals surface area contributed by atoms with Crippen LogP contribution in [0, 0.1) is 0 Å². The number of amides is 1. The number of nitrogens with zero attached hydrogens (tertiary/aromatic N) is 1. The minimum absolute atomic E-state index is 0.163. The van der Waals surface area contributed by atoms with E-state index in [2.05, 4.69) is 10.3 Å². The fourth-order valence-corrected chi connectivity index (χ4v) is 1.43. The Morgan fingerprint density at radius 1 is 1.35 bits per heavy atom. The van der Waals surface area contributed by atoms with E-state index in [1.165, 1.54) is 13.3 Å². The number of methoxy groups -OCH3 is 1. The number of rotatable bonds is 4. The predicted molar refractivity (Wildman–Crippen MR) is 74.9 cm³/mol. The van der Waals surface area contributed by atoms with E-state index in [1.54, 1.807) is 39.8 Å². The van der Waals surface area contributed by atoms with E-state index in [0.29, 0.717) is 0 Å². The fraction of sp³-hybridized carbons (Fsp3) is 0.500. The zero-order valence-electron chi connectivity index (χ0n) is 12.4. The molecule has 1 aromatic rings. The van der Waals surface area contributed by atoms with Crippen LogP contribution in [0.1, 0.15) is 38.1 Å². The fourth-order valence-electron chi connectivity index (χ4n) is 1.43. The molecule has 6 heteroatoms. The summed E-state index contributed by atoms with van der Waals surface area (Å²) in [5.41, 5.74) is -0.337. The van der Waals surface area contributed by atoms with Crippen LogP contribution >= 0.6 is 0 Å². The molecule has 1 amide bonds. The summed E-state index contributed by atoms with van der Waals surface area (Å²) in [5.74, 6) is -0.0951. The summed E-state index contributed by atoms with van der Waals surface area (Å²) < 4.78 is 10.1. The van der Waals surface area contributed by atoms with Crippen molar-refractivity contribution in [3.05, 3.63) is 23.9 Å². The van der Waals surface area contributed by atoms with Crippen LogP contribution in [0.2, 0.25) is 0 Å². The van der Waals surface area contributed by atoms with Gasteiger partial charge in [0.2, 0.25) is 0 Å². The zero-order valence-corrected chi connectivity index (χ0v) is 12.4. The van der Waals surface area contributed by atoms with Crippen molar-refractivity contribution in [3.8, 4) is 0 Å². The van der Waals surface area contributed by atoms with Crippen molar-refractivity contribution in [3.63, 3.8) is 0 Å². The van der Waals surface area contributed by atoms with E-state index in [-0.39, 0.29) is 17.2 Å². The highest BCUT2D eigenvalue weighted by Crippen LogP contribution is 2.16. The van der Waals surface area contributed by atoms with E-state index in [0.717, 1.165) is 0 Å². The average Bonchev–Trinajstić information content (AvgIpc) is 2.35. The average molecular weight is 280 g/mol. The molecular formula is C14H20N2O4. The normalized spacial score (nSPS) is 12.7. The molecule has 1 unspecified atom stereocenters. The molecule has 1 aromatic heterocycles. The van der Waals surface area contributed by atoms with E-state index >= 15 is 0 Å². The molecule has 1 N–H and O–H groups in total. The number of Topliss-reactive ketones (excluding diaryl/α,β-unsaturated/α-hetero) is 1.